The molecule has 5 heteroatoms. The van der Waals surface area contributed by atoms with Crippen molar-refractivity contribution in [2.24, 2.45) is 0 Å². The maximum atomic E-state index is 11.0. The van der Waals surface area contributed by atoms with Crippen molar-refractivity contribution in [2.75, 3.05) is 27.2 Å². The van der Waals surface area contributed by atoms with Crippen LogP contribution in [-0.2, 0) is 9.59 Å². The van der Waals surface area contributed by atoms with Crippen LogP contribution in [0.5, 0.6) is 0 Å². The Morgan fingerprint density at radius 3 is 2.75 bits per heavy atom. The third kappa shape index (κ3) is 3.45. The van der Waals surface area contributed by atoms with Gasteiger partial charge in [-0.25, -0.2) is 0 Å². The van der Waals surface area contributed by atoms with Crippen LogP contribution < -0.4 is 5.32 Å². The van der Waals surface area contributed by atoms with Crippen LogP contribution in [0.15, 0.2) is 0 Å². The molecule has 0 aliphatic carbocycles. The van der Waals surface area contributed by atoms with Crippen molar-refractivity contribution in [1.29, 1.82) is 0 Å². The summed E-state index contributed by atoms with van der Waals surface area (Å²) in [6.07, 6.45) is -1.30. The third-order valence-electron chi connectivity index (χ3n) is 1.46. The van der Waals surface area contributed by atoms with Gasteiger partial charge in [0.1, 0.15) is 0 Å². The molecule has 12 heavy (non-hydrogen) atoms. The first-order chi connectivity index (χ1) is 5.63. The maximum Gasteiger partial charge on any atom is 0.258 e. The molecular weight excluding hydrogens is 160 g/mol. The average molecular weight is 174 g/mol. The Morgan fingerprint density at radius 2 is 2.33 bits per heavy atom. The molecule has 1 amide bonds. The fourth-order valence-electron chi connectivity index (χ4n) is 0.674. The van der Waals surface area contributed by atoms with E-state index in [2.05, 4.69) is 5.32 Å². The molecule has 0 spiro atoms. The number of hydrogen-bond acceptors (Lipinski definition) is 4. The van der Waals surface area contributed by atoms with E-state index in [9.17, 15) is 9.59 Å². The molecule has 70 valence electrons. The molecule has 0 saturated carbocycles. The van der Waals surface area contributed by atoms with Gasteiger partial charge in [-0.2, -0.15) is 0 Å². The van der Waals surface area contributed by atoms with Crippen LogP contribution in [0.4, 0.5) is 0 Å². The van der Waals surface area contributed by atoms with Crippen LogP contribution in [0.2, 0.25) is 0 Å². The number of amides is 1. The highest BCUT2D eigenvalue weighted by Crippen LogP contribution is 1.88. The zero-order valence-corrected chi connectivity index (χ0v) is 7.28. The second-order valence-electron chi connectivity index (χ2n) is 2.44. The number of hydrogen-bond donors (Lipinski definition) is 2. The molecule has 5 nitrogen and oxygen atoms in total. The molecule has 1 atom stereocenters. The van der Waals surface area contributed by atoms with Crippen molar-refractivity contribution >= 4 is 12.2 Å². The van der Waals surface area contributed by atoms with Crippen molar-refractivity contribution in [2.45, 2.75) is 6.10 Å². The van der Waals surface area contributed by atoms with Gasteiger partial charge >= 0.3 is 0 Å². The first-order valence-electron chi connectivity index (χ1n) is 3.66. The SMILES string of the molecule is CNCCN(C)C(=O)C(O)C=O. The molecule has 0 aliphatic heterocycles. The minimum absolute atomic E-state index is 0.220. The molecule has 2 N–H and O–H groups in total. The predicted octanol–water partition coefficient (Wildman–Crippen LogP) is -1.78. The van der Waals surface area contributed by atoms with E-state index in [0.717, 1.165) is 0 Å². The number of rotatable bonds is 5. The van der Waals surface area contributed by atoms with E-state index in [-0.39, 0.29) is 6.29 Å². The molecule has 1 unspecified atom stereocenters. The lowest BCUT2D eigenvalue weighted by Crippen LogP contribution is -2.40. The van der Waals surface area contributed by atoms with E-state index in [1.807, 2.05) is 0 Å². The summed E-state index contributed by atoms with van der Waals surface area (Å²) >= 11 is 0. The molecule has 0 saturated heterocycles. The highest BCUT2D eigenvalue weighted by molar-refractivity contribution is 5.94. The number of carbonyl (C=O) groups is 2. The summed E-state index contributed by atoms with van der Waals surface area (Å²) < 4.78 is 0. The van der Waals surface area contributed by atoms with Crippen LogP contribution in [0, 0.1) is 0 Å². The number of nitrogens with zero attached hydrogens (tertiary/aromatic N) is 1. The quantitative estimate of drug-likeness (QED) is 0.382. The topological polar surface area (TPSA) is 69.6 Å². The highest BCUT2D eigenvalue weighted by atomic mass is 16.3. The van der Waals surface area contributed by atoms with E-state index in [1.165, 1.54) is 11.9 Å². The van der Waals surface area contributed by atoms with Gasteiger partial charge < -0.3 is 15.3 Å². The summed E-state index contributed by atoms with van der Waals surface area (Å²) in [6.45, 7) is 1.11. The summed E-state index contributed by atoms with van der Waals surface area (Å²) in [5.41, 5.74) is 0. The fraction of sp³-hybridized carbons (Fsp3) is 0.714. The van der Waals surface area contributed by atoms with E-state index in [1.54, 1.807) is 7.05 Å². The minimum Gasteiger partial charge on any atom is -0.376 e. The number of likely N-dealkylation sites (N-methyl/N-ethyl adjacent to an activating group) is 2. The molecule has 0 heterocycles. The van der Waals surface area contributed by atoms with Gasteiger partial charge in [0.15, 0.2) is 12.4 Å². The molecule has 0 aromatic carbocycles. The smallest absolute Gasteiger partial charge is 0.258 e. The monoisotopic (exact) mass is 174 g/mol. The molecule has 0 radical (unpaired) electrons. The molecule has 0 fully saturated rings. The molecule has 0 bridgehead atoms. The van der Waals surface area contributed by atoms with Gasteiger partial charge in [-0.15, -0.1) is 0 Å². The summed E-state index contributed by atoms with van der Waals surface area (Å²) in [5.74, 6) is -0.569. The second kappa shape index (κ2) is 5.68. The number of nitrogens with one attached hydrogen (secondary N) is 1. The Hall–Kier alpha value is -0.940. The Kier molecular flexibility index (Phi) is 5.23. The first-order valence-corrected chi connectivity index (χ1v) is 3.66. The lowest BCUT2D eigenvalue weighted by Gasteiger charge is -2.17. The zero-order valence-electron chi connectivity index (χ0n) is 7.28. The van der Waals surface area contributed by atoms with Crippen molar-refractivity contribution in [3.63, 3.8) is 0 Å². The highest BCUT2D eigenvalue weighted by Gasteiger charge is 2.17. The number of aldehydes is 1. The lowest BCUT2D eigenvalue weighted by atomic mass is 10.3. The molecule has 0 aliphatic rings. The summed E-state index contributed by atoms with van der Waals surface area (Å²) in [7, 11) is 3.29. The standard InChI is InChI=1S/C7H14N2O3/c1-8-3-4-9(2)7(12)6(11)5-10/h5-6,8,11H,3-4H2,1-2H3. The summed E-state index contributed by atoms with van der Waals surface area (Å²) in [5, 5.41) is 11.7. The van der Waals surface area contributed by atoms with E-state index < -0.39 is 12.0 Å². The van der Waals surface area contributed by atoms with Crippen molar-refractivity contribution in [3.8, 4) is 0 Å². The van der Waals surface area contributed by atoms with E-state index in [4.69, 9.17) is 5.11 Å². The van der Waals surface area contributed by atoms with E-state index >= 15 is 0 Å². The molecule has 0 aromatic rings. The van der Waals surface area contributed by atoms with Gasteiger partial charge in [0, 0.05) is 20.1 Å². The Balaban J connectivity index is 3.83. The van der Waals surface area contributed by atoms with Crippen molar-refractivity contribution < 1.29 is 14.7 Å². The van der Waals surface area contributed by atoms with Crippen LogP contribution in [0.1, 0.15) is 0 Å². The minimum atomic E-state index is -1.52. The number of aliphatic hydroxyl groups is 1. The molecular formula is C7H14N2O3. The van der Waals surface area contributed by atoms with Crippen LogP contribution in [-0.4, -0.2) is 55.5 Å². The molecule has 0 aromatic heterocycles. The zero-order chi connectivity index (χ0) is 9.56. The number of aliphatic hydroxyl groups excluding tert-OH is 1. The largest absolute Gasteiger partial charge is 0.376 e. The van der Waals surface area contributed by atoms with Gasteiger partial charge in [0.2, 0.25) is 0 Å². The first kappa shape index (κ1) is 11.1. The molecule has 0 rings (SSSR count). The Labute approximate surface area is 71.4 Å². The van der Waals surface area contributed by atoms with E-state index in [0.29, 0.717) is 13.1 Å². The van der Waals surface area contributed by atoms with Gasteiger partial charge in [0.25, 0.3) is 5.91 Å². The van der Waals surface area contributed by atoms with Gasteiger partial charge in [-0.3, -0.25) is 9.59 Å². The van der Waals surface area contributed by atoms with Gasteiger partial charge in [0.05, 0.1) is 0 Å². The number of carbonyl (C=O) groups excluding carboxylic acids is 2. The second-order valence-corrected chi connectivity index (χ2v) is 2.44. The maximum absolute atomic E-state index is 11.0. The average Bonchev–Trinajstić information content (AvgIpc) is 2.11. The van der Waals surface area contributed by atoms with Crippen LogP contribution in [0.25, 0.3) is 0 Å². The van der Waals surface area contributed by atoms with Crippen LogP contribution >= 0.6 is 0 Å². The fourth-order valence-corrected chi connectivity index (χ4v) is 0.674. The summed E-state index contributed by atoms with van der Waals surface area (Å²) in [4.78, 5) is 22.3. The van der Waals surface area contributed by atoms with Crippen molar-refractivity contribution in [1.82, 2.24) is 10.2 Å². The normalized spacial score (nSPS) is 12.2. The lowest BCUT2D eigenvalue weighted by molar-refractivity contribution is -0.141. The summed E-state index contributed by atoms with van der Waals surface area (Å²) in [6, 6.07) is 0. The Morgan fingerprint density at radius 1 is 1.75 bits per heavy atom. The van der Waals surface area contributed by atoms with Gasteiger partial charge in [-0.05, 0) is 7.05 Å². The van der Waals surface area contributed by atoms with Crippen LogP contribution in [0.3, 0.4) is 0 Å². The Bertz CT molecular complexity index is 161. The van der Waals surface area contributed by atoms with Crippen molar-refractivity contribution in [3.05, 3.63) is 0 Å². The predicted molar refractivity (Wildman–Crippen MR) is 43.6 cm³/mol. The van der Waals surface area contributed by atoms with Gasteiger partial charge in [-0.1, -0.05) is 0 Å². The third-order valence-corrected chi connectivity index (χ3v) is 1.46.